The Labute approximate surface area is 135 Å². The highest BCUT2D eigenvalue weighted by Gasteiger charge is 2.19. The fourth-order valence-electron chi connectivity index (χ4n) is 2.86. The molecule has 0 radical (unpaired) electrons. The molecule has 118 valence electrons. The maximum absolute atomic E-state index is 11.5. The van der Waals surface area contributed by atoms with Gasteiger partial charge >= 0.3 is 0 Å². The van der Waals surface area contributed by atoms with Crippen LogP contribution >= 0.6 is 0 Å². The zero-order valence-electron chi connectivity index (χ0n) is 13.3. The van der Waals surface area contributed by atoms with Crippen molar-refractivity contribution < 1.29 is 14.3 Å². The van der Waals surface area contributed by atoms with E-state index in [2.05, 4.69) is 11.4 Å². The molecule has 1 aliphatic rings. The van der Waals surface area contributed by atoms with Crippen molar-refractivity contribution >= 4 is 17.7 Å². The molecule has 0 fully saturated rings. The van der Waals surface area contributed by atoms with E-state index in [1.165, 1.54) is 5.56 Å². The molecule has 2 aromatic carbocycles. The summed E-state index contributed by atoms with van der Waals surface area (Å²) < 4.78 is 10.7. The summed E-state index contributed by atoms with van der Waals surface area (Å²) in [5.74, 6) is 1.43. The van der Waals surface area contributed by atoms with Gasteiger partial charge in [-0.2, -0.15) is 0 Å². The van der Waals surface area contributed by atoms with Crippen LogP contribution < -0.4 is 14.8 Å². The van der Waals surface area contributed by atoms with Crippen molar-refractivity contribution in [1.29, 1.82) is 0 Å². The summed E-state index contributed by atoms with van der Waals surface area (Å²) in [5, 5.41) is 3.38. The largest absolute Gasteiger partial charge is 0.497 e. The van der Waals surface area contributed by atoms with Gasteiger partial charge in [-0.1, -0.05) is 24.3 Å². The second kappa shape index (κ2) is 6.57. The van der Waals surface area contributed by atoms with Gasteiger partial charge in [-0.25, -0.2) is 0 Å². The monoisotopic (exact) mass is 309 g/mol. The number of hydrogen-bond acceptors (Lipinski definition) is 4. The first-order valence-corrected chi connectivity index (χ1v) is 7.52. The van der Waals surface area contributed by atoms with Crippen molar-refractivity contribution in [2.75, 3.05) is 19.5 Å². The number of rotatable bonds is 5. The van der Waals surface area contributed by atoms with E-state index in [0.717, 1.165) is 47.4 Å². The Morgan fingerprint density at radius 1 is 1.04 bits per heavy atom. The van der Waals surface area contributed by atoms with E-state index in [0.29, 0.717) is 5.75 Å². The third-order valence-corrected chi connectivity index (χ3v) is 4.08. The van der Waals surface area contributed by atoms with Gasteiger partial charge in [0.25, 0.3) is 0 Å². The quantitative estimate of drug-likeness (QED) is 0.856. The Hall–Kier alpha value is -2.75. The van der Waals surface area contributed by atoms with Gasteiger partial charge < -0.3 is 14.8 Å². The van der Waals surface area contributed by atoms with Crippen molar-refractivity contribution in [2.45, 2.75) is 12.8 Å². The van der Waals surface area contributed by atoms with Crippen LogP contribution in [0, 0.1) is 0 Å². The van der Waals surface area contributed by atoms with Crippen LogP contribution in [0.5, 0.6) is 11.5 Å². The number of aldehydes is 1. The Bertz CT molecular complexity index is 765. The van der Waals surface area contributed by atoms with Gasteiger partial charge in [0, 0.05) is 17.2 Å². The van der Waals surface area contributed by atoms with Crippen molar-refractivity contribution in [2.24, 2.45) is 0 Å². The van der Waals surface area contributed by atoms with Crippen molar-refractivity contribution in [3.8, 4) is 11.5 Å². The summed E-state index contributed by atoms with van der Waals surface area (Å²) in [4.78, 5) is 11.5. The molecule has 1 aliphatic carbocycles. The van der Waals surface area contributed by atoms with Crippen LogP contribution in [0.1, 0.15) is 17.5 Å². The second-order valence-electron chi connectivity index (χ2n) is 5.37. The molecule has 23 heavy (non-hydrogen) atoms. The van der Waals surface area contributed by atoms with Crippen molar-refractivity contribution in [3.05, 3.63) is 59.2 Å². The van der Waals surface area contributed by atoms with Gasteiger partial charge in [0.2, 0.25) is 0 Å². The van der Waals surface area contributed by atoms with Gasteiger partial charge in [-0.3, -0.25) is 4.79 Å². The maximum atomic E-state index is 11.5. The van der Waals surface area contributed by atoms with Crippen molar-refractivity contribution in [3.63, 3.8) is 0 Å². The first kappa shape index (κ1) is 15.2. The Morgan fingerprint density at radius 3 is 2.61 bits per heavy atom. The average Bonchev–Trinajstić information content (AvgIpc) is 2.62. The number of anilines is 1. The lowest BCUT2D eigenvalue weighted by Crippen LogP contribution is -2.12. The third kappa shape index (κ3) is 2.93. The van der Waals surface area contributed by atoms with Crippen LogP contribution in [-0.2, 0) is 11.2 Å². The van der Waals surface area contributed by atoms with Gasteiger partial charge in [-0.15, -0.1) is 0 Å². The number of allylic oxidation sites excluding steroid dienone is 1. The Morgan fingerprint density at radius 2 is 1.87 bits per heavy atom. The minimum atomic E-state index is 0.701. The number of carbonyl (C=O) groups excluding carboxylic acids is 1. The van der Waals surface area contributed by atoms with Crippen LogP contribution in [0.15, 0.2) is 48.0 Å². The van der Waals surface area contributed by atoms with E-state index in [1.54, 1.807) is 14.2 Å². The summed E-state index contributed by atoms with van der Waals surface area (Å²) in [5.41, 5.74) is 4.69. The number of ether oxygens (including phenoxy) is 2. The van der Waals surface area contributed by atoms with Gasteiger partial charge in [0.15, 0.2) is 0 Å². The van der Waals surface area contributed by atoms with E-state index in [1.807, 2.05) is 36.4 Å². The standard InChI is InChI=1S/C19H19NO3/c1-22-15-9-10-18(23-2)17(11-15)20-19-14(12-21)8-7-13-5-3-4-6-16(13)19/h3-6,9-12,20H,7-8H2,1-2H3. The minimum Gasteiger partial charge on any atom is -0.497 e. The van der Waals surface area contributed by atoms with Crippen molar-refractivity contribution in [1.82, 2.24) is 0 Å². The lowest BCUT2D eigenvalue weighted by molar-refractivity contribution is -0.105. The van der Waals surface area contributed by atoms with Gasteiger partial charge in [-0.05, 0) is 30.5 Å². The highest BCUT2D eigenvalue weighted by Crippen LogP contribution is 2.36. The van der Waals surface area contributed by atoms with E-state index in [4.69, 9.17) is 9.47 Å². The molecule has 0 amide bonds. The lowest BCUT2D eigenvalue weighted by atomic mass is 9.89. The van der Waals surface area contributed by atoms with Gasteiger partial charge in [0.05, 0.1) is 25.6 Å². The number of carbonyl (C=O) groups is 1. The zero-order valence-corrected chi connectivity index (χ0v) is 13.3. The topological polar surface area (TPSA) is 47.6 Å². The first-order valence-electron chi connectivity index (χ1n) is 7.52. The zero-order chi connectivity index (χ0) is 16.2. The number of aryl methyl sites for hydroxylation is 1. The van der Waals surface area contributed by atoms with Crippen LogP contribution in [0.4, 0.5) is 5.69 Å². The van der Waals surface area contributed by atoms with Crippen LogP contribution in [-0.4, -0.2) is 20.5 Å². The summed E-state index contributed by atoms with van der Waals surface area (Å²) in [7, 11) is 3.24. The normalized spacial score (nSPS) is 13.3. The number of fused-ring (bicyclic) bond motifs is 1. The Kier molecular flexibility index (Phi) is 4.33. The van der Waals surface area contributed by atoms with Gasteiger partial charge in [0.1, 0.15) is 17.8 Å². The first-order chi connectivity index (χ1) is 11.3. The molecule has 0 aliphatic heterocycles. The number of nitrogens with one attached hydrogen (secondary N) is 1. The molecule has 0 atom stereocenters. The molecule has 0 saturated carbocycles. The number of benzene rings is 2. The number of methoxy groups -OCH3 is 2. The summed E-state index contributed by atoms with van der Waals surface area (Å²) in [6.07, 6.45) is 2.55. The summed E-state index contributed by atoms with van der Waals surface area (Å²) in [6, 6.07) is 13.7. The molecule has 0 bridgehead atoms. The molecule has 0 aromatic heterocycles. The lowest BCUT2D eigenvalue weighted by Gasteiger charge is -2.23. The van der Waals surface area contributed by atoms with E-state index in [9.17, 15) is 4.79 Å². The minimum absolute atomic E-state index is 0.701. The highest BCUT2D eigenvalue weighted by atomic mass is 16.5. The molecule has 0 spiro atoms. The predicted octanol–water partition coefficient (Wildman–Crippen LogP) is 3.67. The Balaban J connectivity index is 2.07. The second-order valence-corrected chi connectivity index (χ2v) is 5.37. The molecule has 1 N–H and O–H groups in total. The van der Waals surface area contributed by atoms with E-state index < -0.39 is 0 Å². The molecular formula is C19H19NO3. The fraction of sp³-hybridized carbons (Fsp3) is 0.211. The molecule has 0 heterocycles. The molecular weight excluding hydrogens is 290 g/mol. The average molecular weight is 309 g/mol. The summed E-state index contributed by atoms with van der Waals surface area (Å²) in [6.45, 7) is 0. The molecule has 4 nitrogen and oxygen atoms in total. The maximum Gasteiger partial charge on any atom is 0.148 e. The van der Waals surface area contributed by atoms with E-state index >= 15 is 0 Å². The van der Waals surface area contributed by atoms with Crippen LogP contribution in [0.2, 0.25) is 0 Å². The molecule has 4 heteroatoms. The number of hydrogen-bond donors (Lipinski definition) is 1. The molecule has 2 aromatic rings. The fourth-order valence-corrected chi connectivity index (χ4v) is 2.86. The van der Waals surface area contributed by atoms with Crippen LogP contribution in [0.25, 0.3) is 5.70 Å². The molecule has 0 saturated heterocycles. The smallest absolute Gasteiger partial charge is 0.148 e. The highest BCUT2D eigenvalue weighted by molar-refractivity contribution is 5.95. The predicted molar refractivity (Wildman–Crippen MR) is 90.9 cm³/mol. The SMILES string of the molecule is COc1ccc(OC)c(NC2=C(C=O)CCc3ccccc32)c1. The molecule has 3 rings (SSSR count). The third-order valence-electron chi connectivity index (χ3n) is 4.08. The molecule has 0 unspecified atom stereocenters. The van der Waals surface area contributed by atoms with Crippen LogP contribution in [0.3, 0.4) is 0 Å². The summed E-state index contributed by atoms with van der Waals surface area (Å²) >= 11 is 0. The van der Waals surface area contributed by atoms with E-state index in [-0.39, 0.29) is 0 Å².